The van der Waals surface area contributed by atoms with Gasteiger partial charge < -0.3 is 15.5 Å². The second-order valence-electron chi connectivity index (χ2n) is 7.54. The molecule has 0 radical (unpaired) electrons. The first kappa shape index (κ1) is 22.6. The number of aromatic amines is 1. The van der Waals surface area contributed by atoms with Gasteiger partial charge in [0, 0.05) is 5.75 Å². The van der Waals surface area contributed by atoms with Crippen LogP contribution in [0.1, 0.15) is 69.9 Å². The molecular formula is C22H30N4O2S2. The summed E-state index contributed by atoms with van der Waals surface area (Å²) in [7, 11) is 0. The van der Waals surface area contributed by atoms with Crippen molar-refractivity contribution in [1.82, 2.24) is 15.0 Å². The van der Waals surface area contributed by atoms with Crippen LogP contribution in [0.25, 0.3) is 10.3 Å². The molecule has 0 saturated heterocycles. The zero-order chi connectivity index (χ0) is 21.7. The standard InChI is InChI=1S/C22H30N4O2S2/c1-5-13(3)15-8-9-17(16(12-15)14(4)6-2)28-10-7-11-29-22-25-19-18(20(27)26-22)30-21(23)24-19/h8-9,12-14H,5-7,10-11H2,1-4H3,(H3,23,24,25,26,27). The third-order valence-electron chi connectivity index (χ3n) is 5.40. The van der Waals surface area contributed by atoms with Crippen LogP contribution in [0.2, 0.25) is 0 Å². The third kappa shape index (κ3) is 5.35. The van der Waals surface area contributed by atoms with Crippen molar-refractivity contribution in [3.8, 4) is 5.75 Å². The minimum atomic E-state index is -0.187. The predicted octanol–water partition coefficient (Wildman–Crippen LogP) is 5.55. The lowest BCUT2D eigenvalue weighted by molar-refractivity contribution is 0.313. The number of rotatable bonds is 10. The Balaban J connectivity index is 1.58. The molecule has 2 heterocycles. The first-order valence-corrected chi connectivity index (χ1v) is 12.3. The zero-order valence-electron chi connectivity index (χ0n) is 18.0. The molecule has 2 aromatic heterocycles. The molecule has 6 nitrogen and oxygen atoms in total. The number of nitrogens with two attached hydrogens (primary N) is 1. The minimum absolute atomic E-state index is 0.187. The summed E-state index contributed by atoms with van der Waals surface area (Å²) in [5.41, 5.74) is 8.57. The van der Waals surface area contributed by atoms with Crippen molar-refractivity contribution < 1.29 is 4.74 Å². The van der Waals surface area contributed by atoms with Gasteiger partial charge in [0.2, 0.25) is 0 Å². The van der Waals surface area contributed by atoms with E-state index in [9.17, 15) is 4.79 Å². The summed E-state index contributed by atoms with van der Waals surface area (Å²) < 4.78 is 6.60. The molecule has 0 aliphatic heterocycles. The van der Waals surface area contributed by atoms with Crippen LogP contribution < -0.4 is 16.0 Å². The van der Waals surface area contributed by atoms with Crippen molar-refractivity contribution in [3.63, 3.8) is 0 Å². The summed E-state index contributed by atoms with van der Waals surface area (Å²) in [4.78, 5) is 23.4. The lowest BCUT2D eigenvalue weighted by Gasteiger charge is -2.19. The summed E-state index contributed by atoms with van der Waals surface area (Å²) in [5.74, 6) is 2.79. The number of fused-ring (bicyclic) bond motifs is 1. The molecule has 162 valence electrons. The topological polar surface area (TPSA) is 93.9 Å². The fourth-order valence-corrected chi connectivity index (χ4v) is 4.59. The van der Waals surface area contributed by atoms with Crippen molar-refractivity contribution in [1.29, 1.82) is 0 Å². The van der Waals surface area contributed by atoms with E-state index in [-0.39, 0.29) is 5.56 Å². The molecule has 0 saturated carbocycles. The second-order valence-corrected chi connectivity index (χ2v) is 9.66. The first-order chi connectivity index (χ1) is 14.4. The Bertz CT molecular complexity index is 1050. The summed E-state index contributed by atoms with van der Waals surface area (Å²) >= 11 is 2.65. The number of nitrogen functional groups attached to an aromatic ring is 1. The van der Waals surface area contributed by atoms with Crippen LogP contribution in [-0.4, -0.2) is 27.3 Å². The maximum absolute atomic E-state index is 12.1. The molecule has 0 fully saturated rings. The Morgan fingerprint density at radius 2 is 1.97 bits per heavy atom. The Morgan fingerprint density at radius 3 is 2.70 bits per heavy atom. The van der Waals surface area contributed by atoms with E-state index in [1.165, 1.54) is 22.9 Å². The van der Waals surface area contributed by atoms with Gasteiger partial charge >= 0.3 is 0 Å². The van der Waals surface area contributed by atoms with Gasteiger partial charge in [-0.05, 0) is 48.3 Å². The van der Waals surface area contributed by atoms with Gasteiger partial charge in [0.15, 0.2) is 15.9 Å². The van der Waals surface area contributed by atoms with E-state index in [4.69, 9.17) is 10.5 Å². The van der Waals surface area contributed by atoms with Crippen molar-refractivity contribution in [3.05, 3.63) is 39.7 Å². The molecule has 30 heavy (non-hydrogen) atoms. The fourth-order valence-electron chi connectivity index (χ4n) is 3.15. The van der Waals surface area contributed by atoms with Crippen molar-refractivity contribution in [2.75, 3.05) is 18.1 Å². The number of hydrogen-bond acceptors (Lipinski definition) is 7. The average Bonchev–Trinajstić information content (AvgIpc) is 3.13. The molecule has 3 rings (SSSR count). The van der Waals surface area contributed by atoms with Crippen LogP contribution in [0, 0.1) is 0 Å². The lowest BCUT2D eigenvalue weighted by Crippen LogP contribution is -2.08. The fraction of sp³-hybridized carbons (Fsp3) is 0.500. The molecule has 3 aromatic rings. The maximum Gasteiger partial charge on any atom is 0.271 e. The van der Waals surface area contributed by atoms with Gasteiger partial charge in [-0.15, -0.1) is 0 Å². The quantitative estimate of drug-likeness (QED) is 0.241. The summed E-state index contributed by atoms with van der Waals surface area (Å²) in [6.07, 6.45) is 3.06. The predicted molar refractivity (Wildman–Crippen MR) is 127 cm³/mol. The molecule has 0 bridgehead atoms. The van der Waals surface area contributed by atoms with E-state index in [1.54, 1.807) is 0 Å². The van der Waals surface area contributed by atoms with Crippen molar-refractivity contribution in [2.24, 2.45) is 0 Å². The number of ether oxygens (including phenoxy) is 1. The van der Waals surface area contributed by atoms with Gasteiger partial charge in [-0.25, -0.2) is 9.97 Å². The normalized spacial score (nSPS) is 13.5. The van der Waals surface area contributed by atoms with Crippen LogP contribution in [0.3, 0.4) is 0 Å². The van der Waals surface area contributed by atoms with Gasteiger partial charge in [-0.3, -0.25) is 4.79 Å². The van der Waals surface area contributed by atoms with Crippen molar-refractivity contribution in [2.45, 2.75) is 63.9 Å². The molecule has 0 aliphatic rings. The molecule has 2 atom stereocenters. The molecule has 1 aromatic carbocycles. The molecular weight excluding hydrogens is 416 g/mol. The van der Waals surface area contributed by atoms with Gasteiger partial charge in [0.25, 0.3) is 5.56 Å². The Labute approximate surface area is 185 Å². The largest absolute Gasteiger partial charge is 0.493 e. The van der Waals surface area contributed by atoms with Gasteiger partial charge in [-0.2, -0.15) is 0 Å². The van der Waals surface area contributed by atoms with Crippen LogP contribution in [0.15, 0.2) is 28.2 Å². The number of benzene rings is 1. The van der Waals surface area contributed by atoms with E-state index in [0.29, 0.717) is 39.1 Å². The second kappa shape index (κ2) is 10.3. The first-order valence-electron chi connectivity index (χ1n) is 10.5. The number of thiazole rings is 1. The van der Waals surface area contributed by atoms with E-state index < -0.39 is 0 Å². The average molecular weight is 447 g/mol. The highest BCUT2D eigenvalue weighted by molar-refractivity contribution is 7.99. The van der Waals surface area contributed by atoms with Gasteiger partial charge in [-0.1, -0.05) is 62.9 Å². The highest BCUT2D eigenvalue weighted by Crippen LogP contribution is 2.33. The number of H-pyrrole nitrogens is 1. The Kier molecular flexibility index (Phi) is 7.77. The summed E-state index contributed by atoms with van der Waals surface area (Å²) in [6.45, 7) is 9.57. The van der Waals surface area contributed by atoms with Gasteiger partial charge in [0.1, 0.15) is 10.4 Å². The van der Waals surface area contributed by atoms with Crippen LogP contribution >= 0.6 is 23.1 Å². The summed E-state index contributed by atoms with van der Waals surface area (Å²) in [5, 5.41) is 0.922. The van der Waals surface area contributed by atoms with E-state index in [2.05, 4.69) is 60.8 Å². The minimum Gasteiger partial charge on any atom is -0.493 e. The van der Waals surface area contributed by atoms with Crippen LogP contribution in [-0.2, 0) is 0 Å². The van der Waals surface area contributed by atoms with E-state index in [0.717, 1.165) is 42.1 Å². The number of hydrogen-bond donors (Lipinski definition) is 2. The SMILES string of the molecule is CCC(C)c1ccc(OCCCSc2nc3nc(N)sc3c(=O)[nH]2)c(C(C)CC)c1. The van der Waals surface area contributed by atoms with E-state index >= 15 is 0 Å². The zero-order valence-corrected chi connectivity index (χ0v) is 19.7. The van der Waals surface area contributed by atoms with Crippen LogP contribution in [0.4, 0.5) is 5.13 Å². The molecule has 0 amide bonds. The number of anilines is 1. The highest BCUT2D eigenvalue weighted by atomic mass is 32.2. The maximum atomic E-state index is 12.1. The van der Waals surface area contributed by atoms with Crippen LogP contribution in [0.5, 0.6) is 5.75 Å². The Morgan fingerprint density at radius 1 is 1.20 bits per heavy atom. The van der Waals surface area contributed by atoms with Gasteiger partial charge in [0.05, 0.1) is 6.61 Å². The van der Waals surface area contributed by atoms with E-state index in [1.807, 2.05) is 0 Å². The van der Waals surface area contributed by atoms with Crippen molar-refractivity contribution >= 4 is 38.6 Å². The number of thioether (sulfide) groups is 1. The molecule has 0 spiro atoms. The summed E-state index contributed by atoms with van der Waals surface area (Å²) in [6, 6.07) is 6.62. The Hall–Kier alpha value is -2.06. The third-order valence-corrected chi connectivity index (χ3v) is 7.24. The molecule has 8 heteroatoms. The molecule has 3 N–H and O–H groups in total. The smallest absolute Gasteiger partial charge is 0.271 e. The number of nitrogens with zero attached hydrogens (tertiary/aromatic N) is 2. The number of nitrogens with one attached hydrogen (secondary N) is 1. The number of aromatic nitrogens is 3. The lowest BCUT2D eigenvalue weighted by atomic mass is 9.91. The monoisotopic (exact) mass is 446 g/mol. The molecule has 0 aliphatic carbocycles. The molecule has 2 unspecified atom stereocenters. The highest BCUT2D eigenvalue weighted by Gasteiger charge is 2.14.